The summed E-state index contributed by atoms with van der Waals surface area (Å²) in [4.78, 5) is 27.0. The van der Waals surface area contributed by atoms with Gasteiger partial charge in [-0.05, 0) is 84.5 Å². The van der Waals surface area contributed by atoms with E-state index in [0.717, 1.165) is 36.2 Å². The number of nitriles is 1. The van der Waals surface area contributed by atoms with Crippen LogP contribution < -0.4 is 16.0 Å². The molecule has 1 aliphatic heterocycles. The van der Waals surface area contributed by atoms with Crippen molar-refractivity contribution in [3.05, 3.63) is 124 Å². The van der Waals surface area contributed by atoms with E-state index >= 15 is 4.39 Å². The van der Waals surface area contributed by atoms with Gasteiger partial charge in [-0.3, -0.25) is 9.59 Å². The maximum Gasteiger partial charge on any atom is 0.251 e. The monoisotopic (exact) mass is 532 g/mol. The highest BCUT2D eigenvalue weighted by molar-refractivity contribution is 5.99. The second-order valence-electron chi connectivity index (χ2n) is 10.0. The highest BCUT2D eigenvalue weighted by atomic mass is 19.1. The third-order valence-corrected chi connectivity index (χ3v) is 7.36. The minimum absolute atomic E-state index is 0.172. The molecule has 200 valence electrons. The summed E-state index contributed by atoms with van der Waals surface area (Å²) in [7, 11) is 0. The third kappa shape index (κ3) is 5.57. The Balaban J connectivity index is 1.31. The van der Waals surface area contributed by atoms with Crippen LogP contribution in [0, 0.1) is 17.1 Å². The number of primary amides is 1. The molecule has 0 radical (unpaired) electrons. The summed E-state index contributed by atoms with van der Waals surface area (Å²) in [6.07, 6.45) is 1.73. The van der Waals surface area contributed by atoms with Gasteiger partial charge in [0.15, 0.2) is 0 Å². The number of aryl methyl sites for hydroxylation is 1. The van der Waals surface area contributed by atoms with Crippen molar-refractivity contribution in [3.63, 3.8) is 0 Å². The number of hydrogen-bond acceptors (Lipinski definition) is 4. The first kappa shape index (κ1) is 26.6. The first-order chi connectivity index (χ1) is 19.3. The number of amides is 2. The quantitative estimate of drug-likeness (QED) is 0.309. The molecule has 0 saturated carbocycles. The minimum atomic E-state index is -0.554. The fraction of sp³-hybridized carbons (Fsp3) is 0.182. The SMILES string of the molecule is C[C@H](NC(=O)c1ccc2c(c1)CCCN2Cc1ccc(-c2ccccc2C(N)=O)cc1F)c1ccc(C#N)cc1. The van der Waals surface area contributed by atoms with E-state index in [1.165, 1.54) is 6.07 Å². The number of hydrogen-bond donors (Lipinski definition) is 2. The molecule has 4 aromatic rings. The van der Waals surface area contributed by atoms with Crippen molar-refractivity contribution >= 4 is 17.5 Å². The summed E-state index contributed by atoms with van der Waals surface area (Å²) >= 11 is 0. The molecular weight excluding hydrogens is 503 g/mol. The van der Waals surface area contributed by atoms with Gasteiger partial charge in [-0.25, -0.2) is 4.39 Å². The predicted octanol–water partition coefficient (Wildman–Crippen LogP) is 5.91. The van der Waals surface area contributed by atoms with Crippen molar-refractivity contribution in [2.75, 3.05) is 11.4 Å². The molecule has 40 heavy (non-hydrogen) atoms. The lowest BCUT2D eigenvalue weighted by Crippen LogP contribution is -2.30. The molecule has 7 heteroatoms. The van der Waals surface area contributed by atoms with E-state index in [2.05, 4.69) is 16.3 Å². The van der Waals surface area contributed by atoms with Crippen molar-refractivity contribution in [1.29, 1.82) is 5.26 Å². The smallest absolute Gasteiger partial charge is 0.251 e. The number of nitrogens with one attached hydrogen (secondary N) is 1. The Labute approximate surface area is 232 Å². The molecule has 0 spiro atoms. The summed E-state index contributed by atoms with van der Waals surface area (Å²) < 4.78 is 15.3. The minimum Gasteiger partial charge on any atom is -0.367 e. The average Bonchev–Trinajstić information content (AvgIpc) is 2.98. The standard InChI is InChI=1S/C33H29FN4O2/c1-21(23-10-8-22(19-35)9-11-23)37-33(40)26-14-15-31-25(17-26)5-4-16-38(31)20-27-13-12-24(18-30(27)34)28-6-2-3-7-29(28)32(36)39/h2-3,6-15,17-18,21H,4-5,16,20H2,1H3,(H2,36,39)(H,37,40)/t21-/m0/s1. The van der Waals surface area contributed by atoms with Crippen LogP contribution in [-0.4, -0.2) is 18.4 Å². The summed E-state index contributed by atoms with van der Waals surface area (Å²) in [5.74, 6) is -1.08. The largest absolute Gasteiger partial charge is 0.367 e. The average molecular weight is 533 g/mol. The number of fused-ring (bicyclic) bond motifs is 1. The van der Waals surface area contributed by atoms with E-state index in [9.17, 15) is 9.59 Å². The van der Waals surface area contributed by atoms with Crippen LogP contribution in [0.3, 0.4) is 0 Å². The highest BCUT2D eigenvalue weighted by Crippen LogP contribution is 2.31. The molecule has 0 unspecified atom stereocenters. The Bertz CT molecular complexity index is 1620. The molecule has 0 saturated heterocycles. The van der Waals surface area contributed by atoms with E-state index in [1.54, 1.807) is 48.5 Å². The fourth-order valence-electron chi connectivity index (χ4n) is 5.19. The number of anilines is 1. The van der Waals surface area contributed by atoms with Crippen LogP contribution in [0.1, 0.15) is 62.4 Å². The molecule has 1 heterocycles. The second kappa shape index (κ2) is 11.4. The van der Waals surface area contributed by atoms with Crippen LogP contribution in [0.15, 0.2) is 84.9 Å². The highest BCUT2D eigenvalue weighted by Gasteiger charge is 2.21. The van der Waals surface area contributed by atoms with E-state index in [-0.39, 0.29) is 17.8 Å². The number of nitrogens with two attached hydrogens (primary N) is 1. The molecule has 0 bridgehead atoms. The van der Waals surface area contributed by atoms with Gasteiger partial charge in [0.1, 0.15) is 5.82 Å². The van der Waals surface area contributed by atoms with Gasteiger partial charge in [0.05, 0.1) is 17.7 Å². The first-order valence-electron chi connectivity index (χ1n) is 13.2. The van der Waals surface area contributed by atoms with Crippen molar-refractivity contribution < 1.29 is 14.0 Å². The van der Waals surface area contributed by atoms with Crippen LogP contribution in [0.4, 0.5) is 10.1 Å². The number of carbonyl (C=O) groups excluding carboxylic acids is 2. The Hall–Kier alpha value is -4.96. The molecule has 6 nitrogen and oxygen atoms in total. The lowest BCUT2D eigenvalue weighted by molar-refractivity contribution is 0.0938. The number of carbonyl (C=O) groups is 2. The molecule has 4 aromatic carbocycles. The van der Waals surface area contributed by atoms with Gasteiger partial charge in [0, 0.05) is 35.5 Å². The lowest BCUT2D eigenvalue weighted by atomic mass is 9.96. The zero-order valence-electron chi connectivity index (χ0n) is 22.2. The van der Waals surface area contributed by atoms with Gasteiger partial charge in [0.2, 0.25) is 5.91 Å². The zero-order chi connectivity index (χ0) is 28.2. The molecule has 1 atom stereocenters. The molecule has 2 amide bonds. The lowest BCUT2D eigenvalue weighted by Gasteiger charge is -2.32. The van der Waals surface area contributed by atoms with Gasteiger partial charge in [0.25, 0.3) is 5.91 Å². The Morgan fingerprint density at radius 3 is 2.55 bits per heavy atom. The maximum atomic E-state index is 15.3. The van der Waals surface area contributed by atoms with Gasteiger partial charge in [-0.1, -0.05) is 42.5 Å². The van der Waals surface area contributed by atoms with Crippen LogP contribution in [0.2, 0.25) is 0 Å². The summed E-state index contributed by atoms with van der Waals surface area (Å²) in [5, 5.41) is 12.0. The number of benzene rings is 4. The number of nitrogens with zero attached hydrogens (tertiary/aromatic N) is 2. The van der Waals surface area contributed by atoms with E-state index in [4.69, 9.17) is 11.0 Å². The van der Waals surface area contributed by atoms with Crippen LogP contribution in [0.5, 0.6) is 0 Å². The zero-order valence-corrected chi connectivity index (χ0v) is 22.2. The van der Waals surface area contributed by atoms with Crippen LogP contribution >= 0.6 is 0 Å². The van der Waals surface area contributed by atoms with E-state index in [1.807, 2.05) is 37.3 Å². The Morgan fingerprint density at radius 1 is 1.05 bits per heavy atom. The van der Waals surface area contributed by atoms with E-state index in [0.29, 0.717) is 39.9 Å². The number of halogens is 1. The van der Waals surface area contributed by atoms with Crippen molar-refractivity contribution in [2.24, 2.45) is 5.73 Å². The van der Waals surface area contributed by atoms with Gasteiger partial charge >= 0.3 is 0 Å². The predicted molar refractivity (Wildman–Crippen MR) is 153 cm³/mol. The maximum absolute atomic E-state index is 15.3. The molecule has 0 fully saturated rings. The second-order valence-corrected chi connectivity index (χ2v) is 10.0. The topological polar surface area (TPSA) is 99.2 Å². The molecule has 0 aromatic heterocycles. The van der Waals surface area contributed by atoms with Crippen LogP contribution in [-0.2, 0) is 13.0 Å². The molecule has 5 rings (SSSR count). The normalized spacial score (nSPS) is 13.2. The molecule has 1 aliphatic rings. The third-order valence-electron chi connectivity index (χ3n) is 7.36. The van der Waals surface area contributed by atoms with Gasteiger partial charge < -0.3 is 16.0 Å². The molecular formula is C33H29FN4O2. The molecule has 3 N–H and O–H groups in total. The summed E-state index contributed by atoms with van der Waals surface area (Å²) in [6.45, 7) is 3.07. The first-order valence-corrected chi connectivity index (χ1v) is 13.2. The van der Waals surface area contributed by atoms with Crippen LogP contribution in [0.25, 0.3) is 11.1 Å². The van der Waals surface area contributed by atoms with Gasteiger partial charge in [-0.2, -0.15) is 5.26 Å². The van der Waals surface area contributed by atoms with E-state index < -0.39 is 5.91 Å². The summed E-state index contributed by atoms with van der Waals surface area (Å²) in [6, 6.07) is 26.6. The van der Waals surface area contributed by atoms with Gasteiger partial charge in [-0.15, -0.1) is 0 Å². The van der Waals surface area contributed by atoms with Crippen molar-refractivity contribution in [2.45, 2.75) is 32.4 Å². The number of rotatable bonds is 7. The van der Waals surface area contributed by atoms with Crippen molar-refractivity contribution in [3.8, 4) is 17.2 Å². The Kier molecular flexibility index (Phi) is 7.61. The molecule has 0 aliphatic carbocycles. The Morgan fingerprint density at radius 2 is 1.82 bits per heavy atom. The van der Waals surface area contributed by atoms with Crippen molar-refractivity contribution in [1.82, 2.24) is 5.32 Å². The summed E-state index contributed by atoms with van der Waals surface area (Å²) in [5.41, 5.74) is 11.7. The fourth-order valence-corrected chi connectivity index (χ4v) is 5.19.